The van der Waals surface area contributed by atoms with Gasteiger partial charge in [0.05, 0.1) is 0 Å². The molecule has 1 aliphatic rings. The molecule has 0 aromatic heterocycles. The average molecular weight is 226 g/mol. The van der Waals surface area contributed by atoms with E-state index in [1.807, 2.05) is 0 Å². The van der Waals surface area contributed by atoms with Crippen LogP contribution in [0.1, 0.15) is 59.3 Å². The molecule has 0 saturated carbocycles. The van der Waals surface area contributed by atoms with Crippen LogP contribution in [0, 0.1) is 0 Å². The van der Waals surface area contributed by atoms with Gasteiger partial charge in [-0.25, -0.2) is 0 Å². The number of hydrogen-bond acceptors (Lipinski definition) is 2. The smallest absolute Gasteiger partial charge is 0.0110 e. The molecule has 0 aromatic carbocycles. The summed E-state index contributed by atoms with van der Waals surface area (Å²) in [6.45, 7) is 10.7. The summed E-state index contributed by atoms with van der Waals surface area (Å²) < 4.78 is 0. The van der Waals surface area contributed by atoms with Crippen LogP contribution in [0.3, 0.4) is 0 Å². The van der Waals surface area contributed by atoms with Crippen LogP contribution >= 0.6 is 0 Å². The van der Waals surface area contributed by atoms with Crippen molar-refractivity contribution >= 4 is 0 Å². The molecule has 1 fully saturated rings. The van der Waals surface area contributed by atoms with Gasteiger partial charge in [-0.2, -0.15) is 0 Å². The number of unbranched alkanes of at least 4 members (excludes halogenated alkanes) is 2. The molecular formula is C14H30N2. The lowest BCUT2D eigenvalue weighted by atomic mass is 10.1. The van der Waals surface area contributed by atoms with Gasteiger partial charge in [0, 0.05) is 25.2 Å². The highest BCUT2D eigenvalue weighted by Crippen LogP contribution is 2.13. The molecule has 2 heteroatoms. The van der Waals surface area contributed by atoms with Crippen LogP contribution in [0.2, 0.25) is 0 Å². The van der Waals surface area contributed by atoms with E-state index < -0.39 is 0 Å². The second-order valence-electron chi connectivity index (χ2n) is 5.23. The summed E-state index contributed by atoms with van der Waals surface area (Å²) in [7, 11) is 0. The first-order chi connectivity index (χ1) is 7.77. The maximum Gasteiger partial charge on any atom is 0.0110 e. The molecule has 96 valence electrons. The van der Waals surface area contributed by atoms with Crippen molar-refractivity contribution in [2.45, 2.75) is 71.4 Å². The molecule has 1 rings (SSSR count). The van der Waals surface area contributed by atoms with E-state index in [1.54, 1.807) is 0 Å². The zero-order valence-corrected chi connectivity index (χ0v) is 11.5. The van der Waals surface area contributed by atoms with Gasteiger partial charge in [0.25, 0.3) is 0 Å². The first kappa shape index (κ1) is 14.0. The predicted octanol–water partition coefficient (Wildman–Crippen LogP) is 3.03. The number of nitrogens with zero attached hydrogens (tertiary/aromatic N) is 1. The van der Waals surface area contributed by atoms with E-state index in [0.29, 0.717) is 0 Å². The van der Waals surface area contributed by atoms with Gasteiger partial charge in [0.1, 0.15) is 0 Å². The quantitative estimate of drug-likeness (QED) is 0.700. The Morgan fingerprint density at radius 3 is 2.75 bits per heavy atom. The van der Waals surface area contributed by atoms with Crippen molar-refractivity contribution in [3.8, 4) is 0 Å². The Bertz CT molecular complexity index is 170. The molecule has 0 amide bonds. The van der Waals surface area contributed by atoms with Gasteiger partial charge in [-0.1, -0.05) is 33.1 Å². The molecule has 0 aliphatic carbocycles. The maximum absolute atomic E-state index is 3.64. The van der Waals surface area contributed by atoms with E-state index in [2.05, 4.69) is 31.0 Å². The minimum Gasteiger partial charge on any atom is -0.313 e. The molecule has 1 aliphatic heterocycles. The van der Waals surface area contributed by atoms with Crippen molar-refractivity contribution in [1.29, 1.82) is 0 Å². The van der Waals surface area contributed by atoms with Gasteiger partial charge in [-0.05, 0) is 32.7 Å². The van der Waals surface area contributed by atoms with Crippen LogP contribution in [0.4, 0.5) is 0 Å². The van der Waals surface area contributed by atoms with E-state index in [0.717, 1.165) is 12.1 Å². The highest BCUT2D eigenvalue weighted by molar-refractivity contribution is 4.77. The SMILES string of the molecule is CCCCCC(C)N1CCNC(CC)CC1. The Balaban J connectivity index is 2.24. The van der Waals surface area contributed by atoms with E-state index in [1.165, 1.54) is 58.2 Å². The average Bonchev–Trinajstić information content (AvgIpc) is 2.54. The van der Waals surface area contributed by atoms with Crippen molar-refractivity contribution in [3.05, 3.63) is 0 Å². The van der Waals surface area contributed by atoms with Gasteiger partial charge >= 0.3 is 0 Å². The fraction of sp³-hybridized carbons (Fsp3) is 1.00. The van der Waals surface area contributed by atoms with Crippen LogP contribution in [0.5, 0.6) is 0 Å². The second-order valence-corrected chi connectivity index (χ2v) is 5.23. The van der Waals surface area contributed by atoms with E-state index in [4.69, 9.17) is 0 Å². The Labute approximate surface area is 102 Å². The van der Waals surface area contributed by atoms with Crippen molar-refractivity contribution in [2.24, 2.45) is 0 Å². The molecule has 0 aromatic rings. The van der Waals surface area contributed by atoms with Crippen LogP contribution in [0.25, 0.3) is 0 Å². The van der Waals surface area contributed by atoms with Crippen molar-refractivity contribution in [3.63, 3.8) is 0 Å². The number of nitrogens with one attached hydrogen (secondary N) is 1. The molecule has 1 N–H and O–H groups in total. The van der Waals surface area contributed by atoms with Crippen LogP contribution in [0.15, 0.2) is 0 Å². The topological polar surface area (TPSA) is 15.3 Å². The zero-order valence-electron chi connectivity index (χ0n) is 11.5. The van der Waals surface area contributed by atoms with Crippen molar-refractivity contribution in [1.82, 2.24) is 10.2 Å². The first-order valence-corrected chi connectivity index (χ1v) is 7.25. The largest absolute Gasteiger partial charge is 0.313 e. The minimum absolute atomic E-state index is 0.757. The van der Waals surface area contributed by atoms with Gasteiger partial charge in [-0.15, -0.1) is 0 Å². The highest BCUT2D eigenvalue weighted by atomic mass is 15.2. The van der Waals surface area contributed by atoms with Crippen LogP contribution in [-0.4, -0.2) is 36.6 Å². The Kier molecular flexibility index (Phi) is 7.06. The van der Waals surface area contributed by atoms with Crippen molar-refractivity contribution in [2.75, 3.05) is 19.6 Å². The third kappa shape index (κ3) is 4.84. The summed E-state index contributed by atoms with van der Waals surface area (Å²) in [6.07, 6.45) is 8.12. The maximum atomic E-state index is 3.64. The zero-order chi connectivity index (χ0) is 11.8. The summed E-state index contributed by atoms with van der Waals surface area (Å²) >= 11 is 0. The molecular weight excluding hydrogens is 196 g/mol. The molecule has 2 atom stereocenters. The molecule has 0 spiro atoms. The van der Waals surface area contributed by atoms with Crippen molar-refractivity contribution < 1.29 is 0 Å². The van der Waals surface area contributed by atoms with Gasteiger partial charge in [-0.3, -0.25) is 4.90 Å². The minimum atomic E-state index is 0.757. The van der Waals surface area contributed by atoms with E-state index in [-0.39, 0.29) is 0 Å². The number of rotatable bonds is 6. The third-order valence-electron chi connectivity index (χ3n) is 3.94. The highest BCUT2D eigenvalue weighted by Gasteiger charge is 2.18. The number of hydrogen-bond donors (Lipinski definition) is 1. The van der Waals surface area contributed by atoms with Gasteiger partial charge in [0.15, 0.2) is 0 Å². The Morgan fingerprint density at radius 2 is 2.06 bits per heavy atom. The third-order valence-corrected chi connectivity index (χ3v) is 3.94. The lowest BCUT2D eigenvalue weighted by Crippen LogP contribution is -2.36. The fourth-order valence-electron chi connectivity index (χ4n) is 2.61. The van der Waals surface area contributed by atoms with Gasteiger partial charge < -0.3 is 5.32 Å². The Morgan fingerprint density at radius 1 is 1.25 bits per heavy atom. The summed E-state index contributed by atoms with van der Waals surface area (Å²) in [6, 6.07) is 1.54. The first-order valence-electron chi connectivity index (χ1n) is 7.25. The lowest BCUT2D eigenvalue weighted by Gasteiger charge is -2.27. The molecule has 0 radical (unpaired) electrons. The Hall–Kier alpha value is -0.0800. The van der Waals surface area contributed by atoms with Crippen LogP contribution in [-0.2, 0) is 0 Å². The summed E-state index contributed by atoms with van der Waals surface area (Å²) in [5, 5.41) is 3.64. The lowest BCUT2D eigenvalue weighted by molar-refractivity contribution is 0.208. The molecule has 16 heavy (non-hydrogen) atoms. The summed E-state index contributed by atoms with van der Waals surface area (Å²) in [5.74, 6) is 0. The standard InChI is InChI=1S/C14H30N2/c1-4-6-7-8-13(3)16-11-9-14(5-2)15-10-12-16/h13-15H,4-12H2,1-3H3. The van der Waals surface area contributed by atoms with E-state index >= 15 is 0 Å². The monoisotopic (exact) mass is 226 g/mol. The normalized spacial score (nSPS) is 25.3. The summed E-state index contributed by atoms with van der Waals surface area (Å²) in [4.78, 5) is 2.68. The second kappa shape index (κ2) is 8.08. The summed E-state index contributed by atoms with van der Waals surface area (Å²) in [5.41, 5.74) is 0. The molecule has 1 heterocycles. The van der Waals surface area contributed by atoms with Gasteiger partial charge in [0.2, 0.25) is 0 Å². The predicted molar refractivity (Wildman–Crippen MR) is 71.9 cm³/mol. The molecule has 2 nitrogen and oxygen atoms in total. The fourth-order valence-corrected chi connectivity index (χ4v) is 2.61. The molecule has 0 bridgehead atoms. The van der Waals surface area contributed by atoms with Crippen LogP contribution < -0.4 is 5.32 Å². The molecule has 2 unspecified atom stereocenters. The van der Waals surface area contributed by atoms with E-state index in [9.17, 15) is 0 Å². The molecule has 1 saturated heterocycles.